The fraction of sp³-hybridized carbons (Fsp3) is 0.308. The number of hydrogen-bond acceptors (Lipinski definition) is 4. The highest BCUT2D eigenvalue weighted by atomic mass is 16.3. The van der Waals surface area contributed by atoms with Crippen LogP contribution in [0.4, 0.5) is 5.69 Å². The number of benzene rings is 1. The lowest BCUT2D eigenvalue weighted by Gasteiger charge is -2.20. The van der Waals surface area contributed by atoms with E-state index < -0.39 is 0 Å². The van der Waals surface area contributed by atoms with Crippen molar-refractivity contribution in [1.29, 1.82) is 0 Å². The molecule has 90 valence electrons. The highest BCUT2D eigenvalue weighted by Crippen LogP contribution is 2.25. The molecule has 0 fully saturated rings. The molecule has 0 unspecified atom stereocenters. The molecular formula is C13H16N2O2. The van der Waals surface area contributed by atoms with Crippen LogP contribution in [0.5, 0.6) is 0 Å². The van der Waals surface area contributed by atoms with Crippen LogP contribution >= 0.6 is 0 Å². The van der Waals surface area contributed by atoms with E-state index >= 15 is 0 Å². The highest BCUT2D eigenvalue weighted by Gasteiger charge is 2.08. The van der Waals surface area contributed by atoms with Gasteiger partial charge in [-0.2, -0.15) is 0 Å². The summed E-state index contributed by atoms with van der Waals surface area (Å²) in [6.45, 7) is 0.575. The van der Waals surface area contributed by atoms with Crippen molar-refractivity contribution in [3.8, 4) is 0 Å². The molecule has 0 radical (unpaired) electrons. The van der Waals surface area contributed by atoms with Crippen LogP contribution in [0.3, 0.4) is 0 Å². The Morgan fingerprint density at radius 2 is 2.00 bits per heavy atom. The molecule has 0 bridgehead atoms. The Morgan fingerprint density at radius 3 is 2.71 bits per heavy atom. The maximum absolute atomic E-state index is 9.20. The first-order valence-corrected chi connectivity index (χ1v) is 5.57. The molecule has 4 nitrogen and oxygen atoms in total. The van der Waals surface area contributed by atoms with Crippen molar-refractivity contribution < 1.29 is 10.2 Å². The zero-order valence-electron chi connectivity index (χ0n) is 9.80. The molecule has 0 aliphatic carbocycles. The van der Waals surface area contributed by atoms with E-state index in [1.807, 2.05) is 42.3 Å². The molecular weight excluding hydrogens is 216 g/mol. The molecule has 0 amide bonds. The number of aliphatic hydroxyl groups excluding tert-OH is 2. The smallest absolute Gasteiger partial charge is 0.0854 e. The highest BCUT2D eigenvalue weighted by molar-refractivity contribution is 5.91. The molecule has 17 heavy (non-hydrogen) atoms. The Balaban J connectivity index is 2.58. The molecule has 0 aliphatic rings. The number of nitrogens with zero attached hydrogens (tertiary/aromatic N) is 2. The van der Waals surface area contributed by atoms with E-state index in [-0.39, 0.29) is 13.2 Å². The SMILES string of the molecule is CN(CCO)c1cc(CO)nc2ccccc12. The second-order valence-corrected chi connectivity index (χ2v) is 3.95. The van der Waals surface area contributed by atoms with E-state index in [9.17, 15) is 5.11 Å². The van der Waals surface area contributed by atoms with Gasteiger partial charge >= 0.3 is 0 Å². The summed E-state index contributed by atoms with van der Waals surface area (Å²) in [5.41, 5.74) is 2.48. The van der Waals surface area contributed by atoms with Crippen LogP contribution in [0.1, 0.15) is 5.69 Å². The lowest BCUT2D eigenvalue weighted by atomic mass is 10.1. The van der Waals surface area contributed by atoms with Gasteiger partial charge in [0.15, 0.2) is 0 Å². The van der Waals surface area contributed by atoms with Crippen LogP contribution in [0.15, 0.2) is 30.3 Å². The van der Waals surface area contributed by atoms with Gasteiger partial charge in [-0.3, -0.25) is 4.98 Å². The van der Waals surface area contributed by atoms with Gasteiger partial charge in [-0.25, -0.2) is 0 Å². The molecule has 0 atom stereocenters. The fourth-order valence-corrected chi connectivity index (χ4v) is 1.88. The summed E-state index contributed by atoms with van der Waals surface area (Å²) >= 11 is 0. The number of rotatable bonds is 4. The summed E-state index contributed by atoms with van der Waals surface area (Å²) in [6.07, 6.45) is 0. The summed E-state index contributed by atoms with van der Waals surface area (Å²) in [7, 11) is 1.92. The molecule has 2 aromatic rings. The number of pyridine rings is 1. The van der Waals surface area contributed by atoms with Crippen LogP contribution in [0.2, 0.25) is 0 Å². The van der Waals surface area contributed by atoms with Crippen LogP contribution in [-0.2, 0) is 6.61 Å². The fourth-order valence-electron chi connectivity index (χ4n) is 1.88. The number of hydrogen-bond donors (Lipinski definition) is 2. The molecule has 0 aliphatic heterocycles. The third kappa shape index (κ3) is 2.38. The van der Waals surface area contributed by atoms with Gasteiger partial charge in [-0.1, -0.05) is 18.2 Å². The molecule has 0 spiro atoms. The predicted octanol–water partition coefficient (Wildman–Crippen LogP) is 1.16. The first-order chi connectivity index (χ1) is 8.26. The van der Waals surface area contributed by atoms with E-state index in [4.69, 9.17) is 5.11 Å². The van der Waals surface area contributed by atoms with Crippen molar-refractivity contribution in [3.05, 3.63) is 36.0 Å². The van der Waals surface area contributed by atoms with Gasteiger partial charge in [-0.15, -0.1) is 0 Å². The second-order valence-electron chi connectivity index (χ2n) is 3.95. The summed E-state index contributed by atoms with van der Waals surface area (Å²) < 4.78 is 0. The summed E-state index contributed by atoms with van der Waals surface area (Å²) in [6, 6.07) is 9.65. The number of likely N-dealkylation sites (N-methyl/N-ethyl adjacent to an activating group) is 1. The minimum Gasteiger partial charge on any atom is -0.395 e. The van der Waals surface area contributed by atoms with Crippen molar-refractivity contribution in [2.24, 2.45) is 0 Å². The number of para-hydroxylation sites is 1. The van der Waals surface area contributed by atoms with Crippen molar-refractivity contribution in [3.63, 3.8) is 0 Å². The standard InChI is InChI=1S/C13H16N2O2/c1-15(6-7-16)13-8-10(9-17)14-12-5-3-2-4-11(12)13/h2-5,8,16-17H,6-7,9H2,1H3. The summed E-state index contributed by atoms with van der Waals surface area (Å²) in [4.78, 5) is 6.32. The van der Waals surface area contributed by atoms with Crippen LogP contribution < -0.4 is 4.90 Å². The Labute approximate surface area is 100 Å². The molecule has 0 saturated heterocycles. The van der Waals surface area contributed by atoms with Crippen LogP contribution in [0.25, 0.3) is 10.9 Å². The van der Waals surface area contributed by atoms with E-state index in [1.165, 1.54) is 0 Å². The quantitative estimate of drug-likeness (QED) is 0.830. The van der Waals surface area contributed by atoms with Crippen LogP contribution in [-0.4, -0.2) is 35.4 Å². The number of aliphatic hydroxyl groups is 2. The Hall–Kier alpha value is -1.65. The van der Waals surface area contributed by atoms with Crippen molar-refractivity contribution in [2.75, 3.05) is 25.1 Å². The average Bonchev–Trinajstić information content (AvgIpc) is 2.37. The third-order valence-electron chi connectivity index (χ3n) is 2.76. The van der Waals surface area contributed by atoms with Crippen LogP contribution in [0, 0.1) is 0 Å². The molecule has 1 aromatic heterocycles. The summed E-state index contributed by atoms with van der Waals surface area (Å²) in [5, 5.41) is 19.2. The molecule has 0 saturated carbocycles. The normalized spacial score (nSPS) is 10.8. The zero-order valence-corrected chi connectivity index (χ0v) is 9.80. The van der Waals surface area contributed by atoms with E-state index in [1.54, 1.807) is 0 Å². The Morgan fingerprint density at radius 1 is 1.24 bits per heavy atom. The van der Waals surface area contributed by atoms with Gasteiger partial charge in [0.2, 0.25) is 0 Å². The lowest BCUT2D eigenvalue weighted by molar-refractivity contribution is 0.277. The topological polar surface area (TPSA) is 56.6 Å². The van der Waals surface area contributed by atoms with Gasteiger partial charge in [0.25, 0.3) is 0 Å². The van der Waals surface area contributed by atoms with Gasteiger partial charge in [0.1, 0.15) is 0 Å². The first kappa shape index (κ1) is 11.8. The predicted molar refractivity (Wildman–Crippen MR) is 68.0 cm³/mol. The molecule has 2 rings (SSSR count). The Kier molecular flexibility index (Phi) is 3.56. The maximum Gasteiger partial charge on any atom is 0.0854 e. The Bertz CT molecular complexity index is 514. The average molecular weight is 232 g/mol. The third-order valence-corrected chi connectivity index (χ3v) is 2.76. The molecule has 4 heteroatoms. The number of fused-ring (bicyclic) bond motifs is 1. The summed E-state index contributed by atoms with van der Waals surface area (Å²) in [5.74, 6) is 0. The van der Waals surface area contributed by atoms with Gasteiger partial charge < -0.3 is 15.1 Å². The maximum atomic E-state index is 9.20. The zero-order chi connectivity index (χ0) is 12.3. The largest absolute Gasteiger partial charge is 0.395 e. The number of aromatic nitrogens is 1. The van der Waals surface area contributed by atoms with E-state index in [0.717, 1.165) is 16.6 Å². The minimum atomic E-state index is -0.0786. The van der Waals surface area contributed by atoms with Gasteiger partial charge in [0, 0.05) is 24.7 Å². The van der Waals surface area contributed by atoms with Crippen molar-refractivity contribution in [2.45, 2.75) is 6.61 Å². The van der Waals surface area contributed by atoms with Gasteiger partial charge in [-0.05, 0) is 12.1 Å². The molecule has 1 aromatic carbocycles. The minimum absolute atomic E-state index is 0.0786. The second kappa shape index (κ2) is 5.12. The molecule has 1 heterocycles. The van der Waals surface area contributed by atoms with Crippen molar-refractivity contribution in [1.82, 2.24) is 4.98 Å². The van der Waals surface area contributed by atoms with Crippen molar-refractivity contribution >= 4 is 16.6 Å². The monoisotopic (exact) mass is 232 g/mol. The van der Waals surface area contributed by atoms with E-state index in [0.29, 0.717) is 12.2 Å². The first-order valence-electron chi connectivity index (χ1n) is 5.57. The number of anilines is 1. The van der Waals surface area contributed by atoms with Gasteiger partial charge in [0.05, 0.1) is 24.4 Å². The molecule has 2 N–H and O–H groups in total. The lowest BCUT2D eigenvalue weighted by Crippen LogP contribution is -2.21. The van der Waals surface area contributed by atoms with E-state index in [2.05, 4.69) is 4.98 Å².